The third-order valence-corrected chi connectivity index (χ3v) is 3.45. The number of aromatic nitrogens is 2. The molecule has 0 aliphatic carbocycles. The molecule has 0 spiro atoms. The predicted molar refractivity (Wildman–Crippen MR) is 80.4 cm³/mol. The minimum absolute atomic E-state index is 0.0274. The van der Waals surface area contributed by atoms with Crippen molar-refractivity contribution < 1.29 is 4.79 Å². The molecular weight excluding hydrogens is 250 g/mol. The number of aryl methyl sites for hydroxylation is 1. The number of hydrogen-bond acceptors (Lipinski definition) is 2. The Balaban J connectivity index is 2.44. The van der Waals surface area contributed by atoms with Gasteiger partial charge in [0.15, 0.2) is 0 Å². The third-order valence-electron chi connectivity index (χ3n) is 3.45. The van der Waals surface area contributed by atoms with Crippen molar-refractivity contribution in [2.45, 2.75) is 26.3 Å². The highest BCUT2D eigenvalue weighted by Crippen LogP contribution is 2.25. The van der Waals surface area contributed by atoms with Crippen LogP contribution in [0.4, 0.5) is 0 Å². The number of amides is 1. The fraction of sp³-hybridized carbons (Fsp3) is 0.375. The van der Waals surface area contributed by atoms with Gasteiger partial charge in [0.2, 0.25) is 5.91 Å². The number of carbonyl (C=O) groups is 1. The van der Waals surface area contributed by atoms with Crippen LogP contribution < -0.4 is 0 Å². The zero-order valence-electron chi connectivity index (χ0n) is 12.7. The van der Waals surface area contributed by atoms with Gasteiger partial charge >= 0.3 is 0 Å². The number of carbonyl (C=O) groups excluding carboxylic acids is 1. The molecule has 0 saturated carbocycles. The molecule has 4 nitrogen and oxygen atoms in total. The summed E-state index contributed by atoms with van der Waals surface area (Å²) in [5.74, 6) is 0.0274. The van der Waals surface area contributed by atoms with Gasteiger partial charge in [-0.3, -0.25) is 9.48 Å². The summed E-state index contributed by atoms with van der Waals surface area (Å²) in [4.78, 5) is 13.9. The normalized spacial score (nSPS) is 11.4. The van der Waals surface area contributed by atoms with Crippen molar-refractivity contribution in [2.75, 3.05) is 14.1 Å². The standard InChI is InChI=1S/C16H21N3O/c1-12-11-19(16(2,3)15(20)18(4)5)17-14(12)13-9-7-6-8-10-13/h6-11H,1-5H3. The molecule has 20 heavy (non-hydrogen) atoms. The van der Waals surface area contributed by atoms with Crippen LogP contribution in [0.1, 0.15) is 19.4 Å². The van der Waals surface area contributed by atoms with Crippen molar-refractivity contribution in [3.8, 4) is 11.3 Å². The first-order valence-corrected chi connectivity index (χ1v) is 6.68. The zero-order chi connectivity index (χ0) is 14.9. The summed E-state index contributed by atoms with van der Waals surface area (Å²) in [5, 5.41) is 4.62. The Bertz CT molecular complexity index is 612. The molecule has 0 radical (unpaired) electrons. The average Bonchev–Trinajstić information content (AvgIpc) is 2.81. The van der Waals surface area contributed by atoms with E-state index in [0.717, 1.165) is 16.8 Å². The first-order valence-electron chi connectivity index (χ1n) is 6.68. The maximum absolute atomic E-state index is 12.3. The first kappa shape index (κ1) is 14.3. The Labute approximate surface area is 120 Å². The largest absolute Gasteiger partial charge is 0.347 e. The second-order valence-electron chi connectivity index (χ2n) is 5.73. The van der Waals surface area contributed by atoms with E-state index in [1.54, 1.807) is 23.7 Å². The molecule has 0 aliphatic rings. The van der Waals surface area contributed by atoms with E-state index >= 15 is 0 Å². The number of nitrogens with zero attached hydrogens (tertiary/aromatic N) is 3. The Morgan fingerprint density at radius 2 is 1.80 bits per heavy atom. The molecule has 0 aliphatic heterocycles. The fourth-order valence-electron chi connectivity index (χ4n) is 2.27. The smallest absolute Gasteiger partial charge is 0.249 e. The van der Waals surface area contributed by atoms with Gasteiger partial charge in [-0.1, -0.05) is 30.3 Å². The number of rotatable bonds is 3. The summed E-state index contributed by atoms with van der Waals surface area (Å²) in [7, 11) is 3.52. The number of benzene rings is 1. The van der Waals surface area contributed by atoms with E-state index in [4.69, 9.17) is 0 Å². The van der Waals surface area contributed by atoms with Gasteiger partial charge in [-0.05, 0) is 26.3 Å². The molecule has 0 N–H and O–H groups in total. The lowest BCUT2D eigenvalue weighted by Gasteiger charge is -2.27. The maximum Gasteiger partial charge on any atom is 0.249 e. The quantitative estimate of drug-likeness (QED) is 0.861. The molecule has 1 aromatic carbocycles. The SMILES string of the molecule is Cc1cn(C(C)(C)C(=O)N(C)C)nc1-c1ccccc1. The van der Waals surface area contributed by atoms with Gasteiger partial charge in [0.25, 0.3) is 0 Å². The summed E-state index contributed by atoms with van der Waals surface area (Å²) in [6.07, 6.45) is 1.93. The van der Waals surface area contributed by atoms with Crippen LogP contribution in [0.15, 0.2) is 36.5 Å². The highest BCUT2D eigenvalue weighted by atomic mass is 16.2. The lowest BCUT2D eigenvalue weighted by molar-refractivity contribution is -0.137. The van der Waals surface area contributed by atoms with Crippen LogP contribution in [0.2, 0.25) is 0 Å². The molecule has 0 bridgehead atoms. The van der Waals surface area contributed by atoms with Crippen LogP contribution in [-0.4, -0.2) is 34.7 Å². The van der Waals surface area contributed by atoms with E-state index in [2.05, 4.69) is 5.10 Å². The van der Waals surface area contributed by atoms with Gasteiger partial charge in [-0.2, -0.15) is 5.10 Å². The highest BCUT2D eigenvalue weighted by Gasteiger charge is 2.32. The minimum Gasteiger partial charge on any atom is -0.347 e. The molecule has 0 saturated heterocycles. The summed E-state index contributed by atoms with van der Waals surface area (Å²) in [5.41, 5.74) is 2.36. The Morgan fingerprint density at radius 1 is 1.20 bits per heavy atom. The van der Waals surface area contributed by atoms with Crippen LogP contribution >= 0.6 is 0 Å². The molecular formula is C16H21N3O. The molecule has 1 aromatic heterocycles. The van der Waals surface area contributed by atoms with Gasteiger partial charge in [0.1, 0.15) is 5.54 Å². The summed E-state index contributed by atoms with van der Waals surface area (Å²) in [6.45, 7) is 5.79. The van der Waals surface area contributed by atoms with E-state index in [1.807, 2.05) is 57.3 Å². The van der Waals surface area contributed by atoms with Crippen molar-refractivity contribution >= 4 is 5.91 Å². The van der Waals surface area contributed by atoms with Crippen LogP contribution in [-0.2, 0) is 10.3 Å². The van der Waals surface area contributed by atoms with E-state index in [9.17, 15) is 4.79 Å². The van der Waals surface area contributed by atoms with Gasteiger partial charge in [0, 0.05) is 25.9 Å². The molecule has 1 amide bonds. The van der Waals surface area contributed by atoms with Crippen LogP contribution in [0, 0.1) is 6.92 Å². The fourth-order valence-corrected chi connectivity index (χ4v) is 2.27. The van der Waals surface area contributed by atoms with E-state index < -0.39 is 5.54 Å². The predicted octanol–water partition coefficient (Wildman–Crippen LogP) is 2.68. The van der Waals surface area contributed by atoms with Crippen molar-refractivity contribution in [2.24, 2.45) is 0 Å². The molecule has 2 rings (SSSR count). The maximum atomic E-state index is 12.3. The minimum atomic E-state index is -0.693. The molecule has 4 heteroatoms. The Kier molecular flexibility index (Phi) is 3.66. The third kappa shape index (κ3) is 2.46. The van der Waals surface area contributed by atoms with Crippen molar-refractivity contribution in [3.63, 3.8) is 0 Å². The van der Waals surface area contributed by atoms with E-state index in [-0.39, 0.29) is 5.91 Å². The van der Waals surface area contributed by atoms with E-state index in [0.29, 0.717) is 0 Å². The topological polar surface area (TPSA) is 38.1 Å². The van der Waals surface area contributed by atoms with Crippen LogP contribution in [0.25, 0.3) is 11.3 Å². The van der Waals surface area contributed by atoms with Crippen molar-refractivity contribution in [1.82, 2.24) is 14.7 Å². The van der Waals surface area contributed by atoms with E-state index in [1.165, 1.54) is 0 Å². The molecule has 2 aromatic rings. The molecule has 0 fully saturated rings. The number of hydrogen-bond donors (Lipinski definition) is 0. The Hall–Kier alpha value is -2.10. The number of likely N-dealkylation sites (N-methyl/N-ethyl adjacent to an activating group) is 1. The average molecular weight is 271 g/mol. The van der Waals surface area contributed by atoms with Crippen molar-refractivity contribution in [1.29, 1.82) is 0 Å². The summed E-state index contributed by atoms with van der Waals surface area (Å²) in [6, 6.07) is 10.0. The van der Waals surface area contributed by atoms with Crippen molar-refractivity contribution in [3.05, 3.63) is 42.1 Å². The zero-order valence-corrected chi connectivity index (χ0v) is 12.7. The monoisotopic (exact) mass is 271 g/mol. The van der Waals surface area contributed by atoms with Crippen LogP contribution in [0.3, 0.4) is 0 Å². The molecule has 1 heterocycles. The lowest BCUT2D eigenvalue weighted by Crippen LogP contribution is -2.44. The Morgan fingerprint density at radius 3 is 2.35 bits per heavy atom. The highest BCUT2D eigenvalue weighted by molar-refractivity contribution is 5.83. The first-order chi connectivity index (χ1) is 9.34. The summed E-state index contributed by atoms with van der Waals surface area (Å²) < 4.78 is 1.76. The van der Waals surface area contributed by atoms with Gasteiger partial charge in [-0.15, -0.1) is 0 Å². The molecule has 106 valence electrons. The molecule has 0 unspecified atom stereocenters. The lowest BCUT2D eigenvalue weighted by atomic mass is 10.0. The van der Waals surface area contributed by atoms with Crippen LogP contribution in [0.5, 0.6) is 0 Å². The molecule has 0 atom stereocenters. The second kappa shape index (κ2) is 5.12. The van der Waals surface area contributed by atoms with Gasteiger partial charge < -0.3 is 4.90 Å². The second-order valence-corrected chi connectivity index (χ2v) is 5.73. The van der Waals surface area contributed by atoms with Gasteiger partial charge in [-0.25, -0.2) is 0 Å². The summed E-state index contributed by atoms with van der Waals surface area (Å²) >= 11 is 0. The van der Waals surface area contributed by atoms with Gasteiger partial charge in [0.05, 0.1) is 5.69 Å².